The van der Waals surface area contributed by atoms with Gasteiger partial charge in [0.1, 0.15) is 0 Å². The van der Waals surface area contributed by atoms with E-state index < -0.39 is 0 Å². The van der Waals surface area contributed by atoms with E-state index in [1.807, 2.05) is 45.2 Å². The summed E-state index contributed by atoms with van der Waals surface area (Å²) in [4.78, 5) is 2.74. The second kappa shape index (κ2) is 9.47. The van der Waals surface area contributed by atoms with E-state index in [0.717, 1.165) is 5.57 Å². The van der Waals surface area contributed by atoms with Crippen molar-refractivity contribution < 1.29 is 19.5 Å². The maximum atomic E-state index is 5.33. The summed E-state index contributed by atoms with van der Waals surface area (Å²) in [5.74, 6) is 0. The zero-order chi connectivity index (χ0) is 9.40. The Bertz CT molecular complexity index is 213. The third kappa shape index (κ3) is 14.3. The molecule has 72 valence electrons. The van der Waals surface area contributed by atoms with Crippen molar-refractivity contribution >= 4 is 0 Å². The third-order valence-corrected chi connectivity index (χ3v) is 0.959. The van der Waals surface area contributed by atoms with Gasteiger partial charge in [0, 0.05) is 0 Å². The predicted octanol–water partition coefficient (Wildman–Crippen LogP) is 3.14. The number of hydrogen-bond donors (Lipinski definition) is 1. The van der Waals surface area contributed by atoms with Crippen LogP contribution in [0, 0.1) is 12.8 Å². The summed E-state index contributed by atoms with van der Waals surface area (Å²) < 4.78 is 0. The molecule has 0 aliphatic heterocycles. The van der Waals surface area contributed by atoms with Crippen molar-refractivity contribution in [1.82, 2.24) is 4.98 Å². The van der Waals surface area contributed by atoms with Crippen LogP contribution in [0.2, 0.25) is 0 Å². The van der Waals surface area contributed by atoms with Crippen LogP contribution in [-0.4, -0.2) is 4.98 Å². The van der Waals surface area contributed by atoms with Gasteiger partial charge in [0.15, 0.2) is 0 Å². The molecule has 0 spiro atoms. The molecule has 1 aromatic heterocycles. The molecule has 1 heterocycles. The fourth-order valence-electron chi connectivity index (χ4n) is 0.696. The minimum absolute atomic E-state index is 0. The molecule has 2 heteroatoms. The van der Waals surface area contributed by atoms with E-state index in [4.69, 9.17) is 6.58 Å². The quantitative estimate of drug-likeness (QED) is 0.454. The van der Waals surface area contributed by atoms with Crippen LogP contribution in [0.5, 0.6) is 0 Å². The number of hydrogen-bond acceptors (Lipinski definition) is 0. The Labute approximate surface area is 93.7 Å². The average molecular weight is 262 g/mol. The van der Waals surface area contributed by atoms with E-state index in [0.29, 0.717) is 0 Å². The van der Waals surface area contributed by atoms with Gasteiger partial charge in [-0.3, -0.25) is 6.58 Å². The van der Waals surface area contributed by atoms with E-state index in [2.05, 4.69) is 11.2 Å². The van der Waals surface area contributed by atoms with Gasteiger partial charge in [0.2, 0.25) is 0 Å². The van der Waals surface area contributed by atoms with Crippen LogP contribution in [0.3, 0.4) is 0 Å². The molecule has 0 aromatic carbocycles. The molecule has 1 rings (SSSR count). The Hall–Kier alpha value is -0.617. The third-order valence-electron chi connectivity index (χ3n) is 0.959. The van der Waals surface area contributed by atoms with E-state index in [1.165, 1.54) is 5.57 Å². The first-order valence-electron chi connectivity index (χ1n) is 3.86. The van der Waals surface area contributed by atoms with Crippen molar-refractivity contribution in [2.45, 2.75) is 20.8 Å². The largest absolute Gasteiger partial charge is 2.00 e. The van der Waals surface area contributed by atoms with Gasteiger partial charge in [-0.25, -0.2) is 11.6 Å². The second-order valence-corrected chi connectivity index (χ2v) is 2.78. The first-order valence-corrected chi connectivity index (χ1v) is 3.86. The maximum absolute atomic E-state index is 5.33. The normalized spacial score (nSPS) is 7.31. The molecule has 1 nitrogen and oxygen atoms in total. The van der Waals surface area contributed by atoms with Crippen LogP contribution < -0.4 is 0 Å². The van der Waals surface area contributed by atoms with Crippen LogP contribution >= 0.6 is 0 Å². The van der Waals surface area contributed by atoms with E-state index in [9.17, 15) is 0 Å². The molecule has 0 atom stereocenters. The van der Waals surface area contributed by atoms with Crippen molar-refractivity contribution in [2.24, 2.45) is 0 Å². The van der Waals surface area contributed by atoms with Crippen molar-refractivity contribution in [1.29, 1.82) is 0 Å². The topological polar surface area (TPSA) is 15.8 Å². The summed E-state index contributed by atoms with van der Waals surface area (Å²) in [5, 5.41) is 0. The summed E-state index contributed by atoms with van der Waals surface area (Å²) >= 11 is 0. The molecule has 0 amide bonds. The van der Waals surface area contributed by atoms with Crippen molar-refractivity contribution in [2.75, 3.05) is 0 Å². The van der Waals surface area contributed by atoms with Crippen molar-refractivity contribution in [3.05, 3.63) is 48.3 Å². The molecule has 1 N–H and O–H groups in total. The SMILES string of the molecule is [CH-]=C(C)C=C(C)C.[Ru+2].[c-]1ccc[nH]1. The first-order chi connectivity index (χ1) is 5.63. The number of aromatic nitrogens is 1. The smallest absolute Gasteiger partial charge is 0.484 e. The van der Waals surface area contributed by atoms with Gasteiger partial charge in [-0.15, -0.1) is 6.20 Å². The molecule has 0 saturated carbocycles. The van der Waals surface area contributed by atoms with Gasteiger partial charge in [-0.2, -0.15) is 23.9 Å². The molecule has 0 fully saturated rings. The van der Waals surface area contributed by atoms with Crippen molar-refractivity contribution in [3.63, 3.8) is 0 Å². The second-order valence-electron chi connectivity index (χ2n) is 2.78. The van der Waals surface area contributed by atoms with Crippen LogP contribution in [-0.2, 0) is 19.5 Å². The van der Waals surface area contributed by atoms with Crippen LogP contribution in [0.15, 0.2) is 35.6 Å². The summed E-state index contributed by atoms with van der Waals surface area (Å²) in [6.07, 6.45) is 6.50. The van der Waals surface area contributed by atoms with E-state index in [-0.39, 0.29) is 19.5 Å². The Morgan fingerprint density at radius 2 is 2.00 bits per heavy atom. The molecule has 0 aliphatic carbocycles. The number of allylic oxidation sites excluding steroid dienone is 3. The number of rotatable bonds is 1. The van der Waals surface area contributed by atoms with Gasteiger partial charge in [-0.05, 0) is 0 Å². The zero-order valence-electron chi connectivity index (χ0n) is 8.24. The Morgan fingerprint density at radius 1 is 1.38 bits per heavy atom. The molecule has 1 aromatic rings. The van der Waals surface area contributed by atoms with Gasteiger partial charge < -0.3 is 4.98 Å². The first kappa shape index (κ1) is 14.9. The number of nitrogens with one attached hydrogen (secondary N) is 1. The minimum atomic E-state index is 0. The number of H-pyrrole nitrogens is 1. The van der Waals surface area contributed by atoms with Gasteiger partial charge >= 0.3 is 19.5 Å². The molecule has 13 heavy (non-hydrogen) atoms. The average Bonchev–Trinajstić information content (AvgIpc) is 2.36. The molecule has 0 unspecified atom stereocenters. The summed E-state index contributed by atoms with van der Waals surface area (Å²) in [6, 6.07) is 3.71. The molecule has 0 aliphatic rings. The fraction of sp³-hybridized carbons (Fsp3) is 0.273. The zero-order valence-corrected chi connectivity index (χ0v) is 9.98. The maximum Gasteiger partial charge on any atom is 2.00 e. The molecule has 0 bridgehead atoms. The van der Waals surface area contributed by atoms with E-state index >= 15 is 0 Å². The van der Waals surface area contributed by atoms with E-state index in [1.54, 1.807) is 0 Å². The van der Waals surface area contributed by atoms with Gasteiger partial charge in [0.05, 0.1) is 0 Å². The molecular weight excluding hydrogens is 247 g/mol. The Morgan fingerprint density at radius 3 is 2.08 bits per heavy atom. The molecular formula is C11H15NRu. The summed E-state index contributed by atoms with van der Waals surface area (Å²) in [7, 11) is 0. The van der Waals surface area contributed by atoms with Crippen LogP contribution in [0.1, 0.15) is 20.8 Å². The van der Waals surface area contributed by atoms with Gasteiger partial charge in [-0.1, -0.05) is 20.8 Å². The van der Waals surface area contributed by atoms with Gasteiger partial charge in [0.25, 0.3) is 0 Å². The van der Waals surface area contributed by atoms with Crippen LogP contribution in [0.25, 0.3) is 0 Å². The Kier molecular flexibility index (Phi) is 10.8. The monoisotopic (exact) mass is 263 g/mol. The van der Waals surface area contributed by atoms with Crippen LogP contribution in [0.4, 0.5) is 0 Å². The molecule has 0 saturated heterocycles. The fourth-order valence-corrected chi connectivity index (χ4v) is 0.696. The minimum Gasteiger partial charge on any atom is -0.484 e. The summed E-state index contributed by atoms with van der Waals surface area (Å²) in [5.41, 5.74) is 2.13. The predicted molar refractivity (Wildman–Crippen MR) is 52.5 cm³/mol. The van der Waals surface area contributed by atoms with Crippen molar-refractivity contribution in [3.8, 4) is 0 Å². The molecule has 0 radical (unpaired) electrons. The Balaban J connectivity index is 0. The number of aromatic amines is 1. The standard InChI is InChI=1S/C7H11.C4H4N.Ru/c1-6(2)5-7(3)4;1-2-4-5-3-1;/h1,5H,2-4H3;1-3,5H;/q2*-1;+2. The summed E-state index contributed by atoms with van der Waals surface area (Å²) in [6.45, 7) is 11.3.